The normalized spacial score (nSPS) is 23.8. The van der Waals surface area contributed by atoms with Gasteiger partial charge in [0.25, 0.3) is 0 Å². The summed E-state index contributed by atoms with van der Waals surface area (Å²) in [4.78, 5) is 20.9. The number of piperidine rings is 1. The second-order valence-corrected chi connectivity index (χ2v) is 6.65. The summed E-state index contributed by atoms with van der Waals surface area (Å²) in [5.41, 5.74) is 1.94. The van der Waals surface area contributed by atoms with Crippen LogP contribution in [0.2, 0.25) is 0 Å². The molecule has 7 heteroatoms. The summed E-state index contributed by atoms with van der Waals surface area (Å²) < 4.78 is 6.03. The minimum Gasteiger partial charge on any atom is -0.488 e. The molecule has 0 spiro atoms. The van der Waals surface area contributed by atoms with Crippen LogP contribution in [0.5, 0.6) is 5.75 Å². The number of carbonyl (C=O) groups is 1. The lowest BCUT2D eigenvalue weighted by molar-refractivity contribution is -0.116. The number of aliphatic hydroxyl groups is 1. The lowest BCUT2D eigenvalue weighted by Gasteiger charge is -2.35. The molecule has 2 aliphatic heterocycles. The summed E-state index contributed by atoms with van der Waals surface area (Å²) in [5, 5.41) is 13.3. The highest BCUT2D eigenvalue weighted by Gasteiger charge is 2.29. The van der Waals surface area contributed by atoms with Gasteiger partial charge in [-0.3, -0.25) is 9.69 Å². The number of rotatable bonds is 4. The molecule has 0 bridgehead atoms. The molecule has 1 amide bonds. The van der Waals surface area contributed by atoms with Crippen LogP contribution in [0, 0.1) is 0 Å². The van der Waals surface area contributed by atoms with Crippen molar-refractivity contribution in [1.29, 1.82) is 0 Å². The average Bonchev–Trinajstić information content (AvgIpc) is 3.10. The maximum absolute atomic E-state index is 11.4. The van der Waals surface area contributed by atoms with Gasteiger partial charge in [-0.05, 0) is 36.6 Å². The van der Waals surface area contributed by atoms with E-state index in [9.17, 15) is 9.90 Å². The first-order chi connectivity index (χ1) is 12.2. The lowest BCUT2D eigenvalue weighted by Crippen LogP contribution is -2.48. The summed E-state index contributed by atoms with van der Waals surface area (Å²) in [6.45, 7) is 2.12. The topological polar surface area (TPSA) is 90.5 Å². The molecule has 2 aliphatic rings. The van der Waals surface area contributed by atoms with Crippen molar-refractivity contribution >= 4 is 11.6 Å². The van der Waals surface area contributed by atoms with E-state index in [1.54, 1.807) is 12.4 Å². The molecule has 2 atom stereocenters. The van der Waals surface area contributed by atoms with Crippen molar-refractivity contribution in [3.8, 4) is 5.75 Å². The number of aromatic nitrogens is 2. The number of carbonyl (C=O) groups excluding carboxylic acids is 1. The highest BCUT2D eigenvalue weighted by molar-refractivity contribution is 5.93. The maximum Gasteiger partial charge on any atom is 0.224 e. The van der Waals surface area contributed by atoms with Crippen molar-refractivity contribution in [2.45, 2.75) is 38.0 Å². The van der Waals surface area contributed by atoms with Crippen LogP contribution in [0.15, 0.2) is 30.6 Å². The molecule has 0 unspecified atom stereocenters. The van der Waals surface area contributed by atoms with Crippen LogP contribution in [-0.4, -0.2) is 51.2 Å². The van der Waals surface area contributed by atoms with Gasteiger partial charge in [-0.25, -0.2) is 4.98 Å². The van der Waals surface area contributed by atoms with Crippen LogP contribution in [0.25, 0.3) is 0 Å². The zero-order valence-corrected chi connectivity index (χ0v) is 13.9. The van der Waals surface area contributed by atoms with Crippen LogP contribution < -0.4 is 10.1 Å². The van der Waals surface area contributed by atoms with Gasteiger partial charge >= 0.3 is 0 Å². The molecular formula is C18H22N4O3. The fraction of sp³-hybridized carbons (Fsp3) is 0.444. The molecule has 25 heavy (non-hydrogen) atoms. The third kappa shape index (κ3) is 3.67. The van der Waals surface area contributed by atoms with Crippen molar-refractivity contribution in [3.63, 3.8) is 0 Å². The molecule has 132 valence electrons. The molecule has 0 saturated carbocycles. The maximum atomic E-state index is 11.4. The molecule has 0 aliphatic carbocycles. The van der Waals surface area contributed by atoms with Crippen LogP contribution in [0.1, 0.15) is 24.2 Å². The number of nitrogens with one attached hydrogen (secondary N) is 2. The second-order valence-electron chi connectivity index (χ2n) is 6.65. The standard InChI is InChI=1S/C18H22N4O3/c23-15-10-22(11-17-19-6-7-20-17)8-5-16(15)25-13-2-3-14-12(9-13)1-4-18(24)21-14/h2-3,6-7,9,15-16,23H,1,4-5,8,10-11H2,(H,19,20)(H,21,24)/t15-,16-/m1/s1. The highest BCUT2D eigenvalue weighted by atomic mass is 16.5. The van der Waals surface area contributed by atoms with E-state index < -0.39 is 6.10 Å². The van der Waals surface area contributed by atoms with Crippen molar-refractivity contribution in [1.82, 2.24) is 14.9 Å². The van der Waals surface area contributed by atoms with Crippen molar-refractivity contribution in [3.05, 3.63) is 42.0 Å². The number of aryl methyl sites for hydroxylation is 1. The molecule has 1 fully saturated rings. The first-order valence-corrected chi connectivity index (χ1v) is 8.65. The molecule has 1 saturated heterocycles. The largest absolute Gasteiger partial charge is 0.488 e. The Kier molecular flexibility index (Phi) is 4.42. The first kappa shape index (κ1) is 16.1. The quantitative estimate of drug-likeness (QED) is 0.779. The van der Waals surface area contributed by atoms with E-state index in [4.69, 9.17) is 4.74 Å². The molecule has 1 aromatic carbocycles. The Balaban J connectivity index is 1.36. The van der Waals surface area contributed by atoms with Gasteiger partial charge in [0.2, 0.25) is 5.91 Å². The summed E-state index contributed by atoms with van der Waals surface area (Å²) in [6.07, 6.45) is 4.77. The monoisotopic (exact) mass is 342 g/mol. The number of benzene rings is 1. The second kappa shape index (κ2) is 6.85. The number of aromatic amines is 1. The number of imidazole rings is 1. The summed E-state index contributed by atoms with van der Waals surface area (Å²) in [5.74, 6) is 1.71. The molecule has 7 nitrogen and oxygen atoms in total. The van der Waals surface area contributed by atoms with Crippen LogP contribution in [0.3, 0.4) is 0 Å². The number of amides is 1. The summed E-state index contributed by atoms with van der Waals surface area (Å²) in [6, 6.07) is 5.70. The highest BCUT2D eigenvalue weighted by Crippen LogP contribution is 2.28. The molecule has 0 radical (unpaired) electrons. The molecule has 2 aromatic rings. The molecule has 1 aromatic heterocycles. The number of likely N-dealkylation sites (tertiary alicyclic amines) is 1. The number of nitrogens with zero attached hydrogens (tertiary/aromatic N) is 2. The number of β-amino-alcohol motifs (C(OH)–C–C–N with tert-alkyl or cyclic N) is 1. The lowest BCUT2D eigenvalue weighted by atomic mass is 10.0. The van der Waals surface area contributed by atoms with Gasteiger partial charge in [0.15, 0.2) is 0 Å². The van der Waals surface area contributed by atoms with Gasteiger partial charge in [0.05, 0.1) is 6.54 Å². The van der Waals surface area contributed by atoms with Crippen LogP contribution in [-0.2, 0) is 17.8 Å². The SMILES string of the molecule is O=C1CCc2cc(O[C@@H]3CCN(Cc4ncc[nH]4)C[C@H]3O)ccc2N1. The number of anilines is 1. The van der Waals surface area contributed by atoms with E-state index in [0.29, 0.717) is 19.5 Å². The average molecular weight is 342 g/mol. The first-order valence-electron chi connectivity index (χ1n) is 8.65. The Morgan fingerprint density at radius 3 is 3.08 bits per heavy atom. The van der Waals surface area contributed by atoms with E-state index in [2.05, 4.69) is 20.2 Å². The zero-order chi connectivity index (χ0) is 17.2. The Hall–Kier alpha value is -2.38. The van der Waals surface area contributed by atoms with Crippen LogP contribution >= 0.6 is 0 Å². The summed E-state index contributed by atoms with van der Waals surface area (Å²) >= 11 is 0. The smallest absolute Gasteiger partial charge is 0.224 e. The van der Waals surface area contributed by atoms with Gasteiger partial charge in [0, 0.05) is 37.6 Å². The number of ether oxygens (including phenoxy) is 1. The van der Waals surface area contributed by atoms with Gasteiger partial charge < -0.3 is 20.1 Å². The molecular weight excluding hydrogens is 320 g/mol. The number of hydrogen-bond donors (Lipinski definition) is 3. The minimum atomic E-state index is -0.542. The predicted molar refractivity (Wildman–Crippen MR) is 92.3 cm³/mol. The molecule has 3 heterocycles. The van der Waals surface area contributed by atoms with Gasteiger partial charge in [-0.15, -0.1) is 0 Å². The molecule has 4 rings (SSSR count). The number of aliphatic hydroxyl groups excluding tert-OH is 1. The fourth-order valence-electron chi connectivity index (χ4n) is 3.46. The van der Waals surface area contributed by atoms with Gasteiger partial charge in [-0.1, -0.05) is 0 Å². The molecule has 3 N–H and O–H groups in total. The Bertz CT molecular complexity index is 747. The van der Waals surface area contributed by atoms with E-state index in [-0.39, 0.29) is 12.0 Å². The van der Waals surface area contributed by atoms with Crippen molar-refractivity contribution < 1.29 is 14.6 Å². The van der Waals surface area contributed by atoms with E-state index in [1.807, 2.05) is 18.2 Å². The van der Waals surface area contributed by atoms with Gasteiger partial charge in [0.1, 0.15) is 23.8 Å². The van der Waals surface area contributed by atoms with E-state index >= 15 is 0 Å². The van der Waals surface area contributed by atoms with Crippen molar-refractivity contribution in [2.24, 2.45) is 0 Å². The Morgan fingerprint density at radius 1 is 1.36 bits per heavy atom. The third-order valence-electron chi connectivity index (χ3n) is 4.79. The van der Waals surface area contributed by atoms with E-state index in [0.717, 1.165) is 42.2 Å². The van der Waals surface area contributed by atoms with Crippen molar-refractivity contribution in [2.75, 3.05) is 18.4 Å². The Labute approximate surface area is 146 Å². The minimum absolute atomic E-state index is 0.0560. The van der Waals surface area contributed by atoms with Gasteiger partial charge in [-0.2, -0.15) is 0 Å². The third-order valence-corrected chi connectivity index (χ3v) is 4.79. The predicted octanol–water partition coefficient (Wildman–Crippen LogP) is 1.31. The van der Waals surface area contributed by atoms with Crippen LogP contribution in [0.4, 0.5) is 5.69 Å². The number of hydrogen-bond acceptors (Lipinski definition) is 5. The fourth-order valence-corrected chi connectivity index (χ4v) is 3.46. The summed E-state index contributed by atoms with van der Waals surface area (Å²) in [7, 11) is 0. The van der Waals surface area contributed by atoms with E-state index in [1.165, 1.54) is 0 Å². The number of fused-ring (bicyclic) bond motifs is 1. The zero-order valence-electron chi connectivity index (χ0n) is 13.9. The number of H-pyrrole nitrogens is 1. The Morgan fingerprint density at radius 2 is 2.28 bits per heavy atom.